The lowest BCUT2D eigenvalue weighted by molar-refractivity contribution is -0.0163. The highest BCUT2D eigenvalue weighted by Gasteiger charge is 2.45. The van der Waals surface area contributed by atoms with Crippen LogP contribution in [0.25, 0.3) is 0 Å². The first kappa shape index (κ1) is 13.3. The van der Waals surface area contributed by atoms with Gasteiger partial charge in [0.2, 0.25) is 0 Å². The van der Waals surface area contributed by atoms with Crippen LogP contribution in [0.5, 0.6) is 0 Å². The van der Waals surface area contributed by atoms with E-state index in [2.05, 4.69) is 4.90 Å². The van der Waals surface area contributed by atoms with Gasteiger partial charge in [-0.25, -0.2) is 8.42 Å². The molecular weight excluding hydrogens is 238 g/mol. The molecule has 0 radical (unpaired) electrons. The van der Waals surface area contributed by atoms with Crippen LogP contribution in [-0.4, -0.2) is 55.2 Å². The number of aliphatic hydroxyl groups is 1. The fourth-order valence-corrected chi connectivity index (χ4v) is 3.97. The molecule has 2 aliphatic heterocycles. The number of rotatable bonds is 4. The van der Waals surface area contributed by atoms with Gasteiger partial charge in [-0.3, -0.25) is 4.90 Å². The predicted molar refractivity (Wildman–Crippen MR) is 67.7 cm³/mol. The van der Waals surface area contributed by atoms with Crippen molar-refractivity contribution < 1.29 is 13.5 Å². The summed E-state index contributed by atoms with van der Waals surface area (Å²) in [4.78, 5) is 2.38. The maximum absolute atomic E-state index is 11.1. The Labute approximate surface area is 104 Å². The molecule has 100 valence electrons. The standard InChI is InChI=1S/C12H23NO3S/c1-17(15,16)10-4-6-12(14)7-9-13-8-3-2-5-11(12)13/h11,14H,2-10H2,1H3. The van der Waals surface area contributed by atoms with Crippen LogP contribution in [0.15, 0.2) is 0 Å². The largest absolute Gasteiger partial charge is 0.388 e. The lowest BCUT2D eigenvalue weighted by Gasteiger charge is -2.37. The topological polar surface area (TPSA) is 57.6 Å². The van der Waals surface area contributed by atoms with Crippen molar-refractivity contribution >= 4 is 9.84 Å². The summed E-state index contributed by atoms with van der Waals surface area (Å²) >= 11 is 0. The van der Waals surface area contributed by atoms with Gasteiger partial charge < -0.3 is 5.11 Å². The van der Waals surface area contributed by atoms with Gasteiger partial charge in [0, 0.05) is 24.6 Å². The van der Waals surface area contributed by atoms with Gasteiger partial charge >= 0.3 is 0 Å². The molecule has 2 rings (SSSR count). The van der Waals surface area contributed by atoms with Gasteiger partial charge in [0.15, 0.2) is 0 Å². The molecular formula is C12H23NO3S. The zero-order chi connectivity index (χ0) is 12.5. The quantitative estimate of drug-likeness (QED) is 0.813. The summed E-state index contributed by atoms with van der Waals surface area (Å²) < 4.78 is 22.2. The van der Waals surface area contributed by atoms with Crippen molar-refractivity contribution in [3.8, 4) is 0 Å². The third kappa shape index (κ3) is 3.20. The second kappa shape index (κ2) is 4.86. The van der Waals surface area contributed by atoms with E-state index in [0.29, 0.717) is 12.8 Å². The lowest BCUT2D eigenvalue weighted by atomic mass is 9.85. The van der Waals surface area contributed by atoms with Gasteiger partial charge in [0.05, 0.1) is 5.60 Å². The molecule has 5 heteroatoms. The van der Waals surface area contributed by atoms with Crippen LogP contribution in [-0.2, 0) is 9.84 Å². The first-order valence-electron chi connectivity index (χ1n) is 6.55. The zero-order valence-corrected chi connectivity index (χ0v) is 11.4. The monoisotopic (exact) mass is 261 g/mol. The van der Waals surface area contributed by atoms with E-state index in [0.717, 1.165) is 25.9 Å². The minimum Gasteiger partial charge on any atom is -0.388 e. The summed E-state index contributed by atoms with van der Waals surface area (Å²) in [6, 6.07) is 0.274. The van der Waals surface area contributed by atoms with Gasteiger partial charge in [-0.15, -0.1) is 0 Å². The van der Waals surface area contributed by atoms with Crippen molar-refractivity contribution in [3.05, 3.63) is 0 Å². The van der Waals surface area contributed by atoms with Crippen molar-refractivity contribution in [2.45, 2.75) is 50.2 Å². The Kier molecular flexibility index (Phi) is 3.80. The number of piperidine rings is 1. The molecule has 4 nitrogen and oxygen atoms in total. The summed E-state index contributed by atoms with van der Waals surface area (Å²) in [5.74, 6) is 0.196. The number of hydrogen-bond acceptors (Lipinski definition) is 4. The van der Waals surface area contributed by atoms with Gasteiger partial charge in [-0.1, -0.05) is 6.42 Å². The zero-order valence-electron chi connectivity index (χ0n) is 10.6. The summed E-state index contributed by atoms with van der Waals surface area (Å²) in [7, 11) is -2.90. The predicted octanol–water partition coefficient (Wildman–Crippen LogP) is 0.800. The van der Waals surface area contributed by atoms with Crippen LogP contribution in [0, 0.1) is 0 Å². The fraction of sp³-hybridized carbons (Fsp3) is 1.00. The Morgan fingerprint density at radius 3 is 2.82 bits per heavy atom. The van der Waals surface area contributed by atoms with E-state index in [1.54, 1.807) is 0 Å². The minimum atomic E-state index is -2.90. The van der Waals surface area contributed by atoms with Crippen molar-refractivity contribution in [2.75, 3.05) is 25.1 Å². The molecule has 0 aromatic rings. The highest BCUT2D eigenvalue weighted by molar-refractivity contribution is 7.90. The first-order chi connectivity index (χ1) is 7.91. The molecule has 0 spiro atoms. The van der Waals surface area contributed by atoms with Gasteiger partial charge in [-0.05, 0) is 38.6 Å². The van der Waals surface area contributed by atoms with E-state index in [1.165, 1.54) is 19.1 Å². The number of hydrogen-bond donors (Lipinski definition) is 1. The van der Waals surface area contributed by atoms with E-state index in [1.807, 2.05) is 0 Å². The number of nitrogens with zero attached hydrogens (tertiary/aromatic N) is 1. The molecule has 2 unspecified atom stereocenters. The molecule has 2 fully saturated rings. The van der Waals surface area contributed by atoms with Crippen molar-refractivity contribution in [1.29, 1.82) is 0 Å². The smallest absolute Gasteiger partial charge is 0.147 e. The van der Waals surface area contributed by atoms with E-state index in [4.69, 9.17) is 0 Å². The Bertz CT molecular complexity index is 368. The Morgan fingerprint density at radius 2 is 2.12 bits per heavy atom. The molecule has 1 N–H and O–H groups in total. The Hall–Kier alpha value is -0.130. The highest BCUT2D eigenvalue weighted by Crippen LogP contribution is 2.37. The Morgan fingerprint density at radius 1 is 1.35 bits per heavy atom. The van der Waals surface area contributed by atoms with Gasteiger partial charge in [0.25, 0.3) is 0 Å². The molecule has 0 aromatic heterocycles. The summed E-state index contributed by atoms with van der Waals surface area (Å²) in [5, 5.41) is 10.6. The average Bonchev–Trinajstić information content (AvgIpc) is 2.56. The van der Waals surface area contributed by atoms with Crippen LogP contribution < -0.4 is 0 Å². The molecule has 2 heterocycles. The molecule has 2 atom stereocenters. The van der Waals surface area contributed by atoms with Crippen LogP contribution >= 0.6 is 0 Å². The molecule has 0 bridgehead atoms. The first-order valence-corrected chi connectivity index (χ1v) is 8.61. The third-order valence-corrected chi connectivity index (χ3v) is 5.22. The maximum atomic E-state index is 11.1. The van der Waals surface area contributed by atoms with Gasteiger partial charge in [-0.2, -0.15) is 0 Å². The summed E-state index contributed by atoms with van der Waals surface area (Å²) in [6.07, 6.45) is 6.77. The van der Waals surface area contributed by atoms with Crippen LogP contribution in [0.3, 0.4) is 0 Å². The number of sulfone groups is 1. The van der Waals surface area contributed by atoms with Crippen molar-refractivity contribution in [2.24, 2.45) is 0 Å². The van der Waals surface area contributed by atoms with Crippen molar-refractivity contribution in [1.82, 2.24) is 4.90 Å². The second-order valence-electron chi connectivity index (χ2n) is 5.63. The van der Waals surface area contributed by atoms with Crippen LogP contribution in [0.1, 0.15) is 38.5 Å². The minimum absolute atomic E-state index is 0.196. The van der Waals surface area contributed by atoms with Gasteiger partial charge in [0.1, 0.15) is 9.84 Å². The molecule has 17 heavy (non-hydrogen) atoms. The normalized spacial score (nSPS) is 34.8. The van der Waals surface area contributed by atoms with Crippen molar-refractivity contribution in [3.63, 3.8) is 0 Å². The summed E-state index contributed by atoms with van der Waals surface area (Å²) in [6.45, 7) is 2.07. The Balaban J connectivity index is 1.90. The second-order valence-corrected chi connectivity index (χ2v) is 7.89. The number of fused-ring (bicyclic) bond motifs is 1. The molecule has 0 amide bonds. The third-order valence-electron chi connectivity index (χ3n) is 4.19. The maximum Gasteiger partial charge on any atom is 0.147 e. The van der Waals surface area contributed by atoms with Crippen LogP contribution in [0.4, 0.5) is 0 Å². The average molecular weight is 261 g/mol. The molecule has 0 saturated carbocycles. The van der Waals surface area contributed by atoms with E-state index < -0.39 is 15.4 Å². The SMILES string of the molecule is CS(=O)(=O)CCCC1(O)CCN2CCCCC21. The van der Waals surface area contributed by atoms with E-state index >= 15 is 0 Å². The van der Waals surface area contributed by atoms with Crippen LogP contribution in [0.2, 0.25) is 0 Å². The van der Waals surface area contributed by atoms with E-state index in [-0.39, 0.29) is 11.8 Å². The summed E-state index contributed by atoms with van der Waals surface area (Å²) in [5.41, 5.74) is -0.634. The van der Waals surface area contributed by atoms with E-state index in [9.17, 15) is 13.5 Å². The fourth-order valence-electron chi connectivity index (χ4n) is 3.30. The lowest BCUT2D eigenvalue weighted by Crippen LogP contribution is -2.47. The molecule has 2 saturated heterocycles. The highest BCUT2D eigenvalue weighted by atomic mass is 32.2. The molecule has 0 aliphatic carbocycles. The molecule has 0 aromatic carbocycles. The molecule has 2 aliphatic rings.